The van der Waals surface area contributed by atoms with Crippen molar-refractivity contribution >= 4 is 17.7 Å². The molecule has 5 heteroatoms. The van der Waals surface area contributed by atoms with Gasteiger partial charge in [-0.05, 0) is 19.8 Å². The molecule has 0 bridgehead atoms. The largest absolute Gasteiger partial charge is 0.465 e. The van der Waals surface area contributed by atoms with Crippen LogP contribution in [0.15, 0.2) is 0 Å². The van der Waals surface area contributed by atoms with Gasteiger partial charge in [-0.25, -0.2) is 0 Å². The molecule has 0 rings (SSSR count). The molecule has 98 valence electrons. The Kier molecular flexibility index (Phi) is 9.01. The van der Waals surface area contributed by atoms with Gasteiger partial charge in [0.1, 0.15) is 12.2 Å². The SMILES string of the molecule is CCCCC(=O)NCCCOC(=O)CC(C)=O. The summed E-state index contributed by atoms with van der Waals surface area (Å²) in [5.74, 6) is -0.681. The van der Waals surface area contributed by atoms with Crippen molar-refractivity contribution in [3.05, 3.63) is 0 Å². The Hall–Kier alpha value is -1.39. The molecule has 0 aliphatic carbocycles. The average Bonchev–Trinajstić information content (AvgIpc) is 2.24. The molecular weight excluding hydrogens is 222 g/mol. The highest BCUT2D eigenvalue weighted by Gasteiger charge is 2.05. The van der Waals surface area contributed by atoms with Crippen molar-refractivity contribution in [1.29, 1.82) is 0 Å². The molecule has 1 N–H and O–H groups in total. The van der Waals surface area contributed by atoms with E-state index >= 15 is 0 Å². The molecule has 0 fully saturated rings. The second kappa shape index (κ2) is 9.81. The van der Waals surface area contributed by atoms with E-state index in [-0.39, 0.29) is 24.7 Å². The smallest absolute Gasteiger partial charge is 0.313 e. The molecule has 0 unspecified atom stereocenters. The number of ether oxygens (including phenoxy) is 1. The van der Waals surface area contributed by atoms with Crippen molar-refractivity contribution in [3.63, 3.8) is 0 Å². The minimum absolute atomic E-state index is 0.0295. The lowest BCUT2D eigenvalue weighted by Crippen LogP contribution is -2.25. The van der Waals surface area contributed by atoms with E-state index in [0.29, 0.717) is 19.4 Å². The van der Waals surface area contributed by atoms with Crippen molar-refractivity contribution in [3.8, 4) is 0 Å². The second-order valence-electron chi connectivity index (χ2n) is 3.91. The van der Waals surface area contributed by atoms with E-state index in [2.05, 4.69) is 5.32 Å². The second-order valence-corrected chi connectivity index (χ2v) is 3.91. The van der Waals surface area contributed by atoms with Crippen LogP contribution in [0.5, 0.6) is 0 Å². The minimum Gasteiger partial charge on any atom is -0.465 e. The van der Waals surface area contributed by atoms with Gasteiger partial charge in [0, 0.05) is 13.0 Å². The summed E-state index contributed by atoms with van der Waals surface area (Å²) in [5.41, 5.74) is 0. The van der Waals surface area contributed by atoms with Crippen molar-refractivity contribution < 1.29 is 19.1 Å². The van der Waals surface area contributed by atoms with Crippen LogP contribution < -0.4 is 5.32 Å². The predicted octanol–water partition coefficient (Wildman–Crippen LogP) is 1.21. The maximum absolute atomic E-state index is 11.2. The van der Waals surface area contributed by atoms with E-state index in [1.54, 1.807) is 0 Å². The molecule has 0 heterocycles. The van der Waals surface area contributed by atoms with Gasteiger partial charge in [0.25, 0.3) is 0 Å². The first-order valence-corrected chi connectivity index (χ1v) is 5.98. The van der Waals surface area contributed by atoms with E-state index in [0.717, 1.165) is 12.8 Å². The van der Waals surface area contributed by atoms with Gasteiger partial charge in [0.05, 0.1) is 6.61 Å². The molecule has 0 radical (unpaired) electrons. The lowest BCUT2D eigenvalue weighted by atomic mass is 10.2. The van der Waals surface area contributed by atoms with E-state index in [1.807, 2.05) is 6.92 Å². The van der Waals surface area contributed by atoms with Crippen molar-refractivity contribution in [2.45, 2.75) is 46.0 Å². The van der Waals surface area contributed by atoms with Gasteiger partial charge in [-0.2, -0.15) is 0 Å². The van der Waals surface area contributed by atoms with Crippen LogP contribution in [0.3, 0.4) is 0 Å². The molecule has 0 aromatic carbocycles. The van der Waals surface area contributed by atoms with Crippen LogP contribution in [-0.4, -0.2) is 30.8 Å². The quantitative estimate of drug-likeness (QED) is 0.375. The highest BCUT2D eigenvalue weighted by Crippen LogP contribution is 1.93. The monoisotopic (exact) mass is 243 g/mol. The Balaban J connectivity index is 3.37. The van der Waals surface area contributed by atoms with Crippen LogP contribution in [0.2, 0.25) is 0 Å². The van der Waals surface area contributed by atoms with Gasteiger partial charge in [-0.1, -0.05) is 13.3 Å². The van der Waals surface area contributed by atoms with Crippen molar-refractivity contribution in [2.24, 2.45) is 0 Å². The Morgan fingerprint density at radius 2 is 1.88 bits per heavy atom. The van der Waals surface area contributed by atoms with Gasteiger partial charge >= 0.3 is 5.97 Å². The Morgan fingerprint density at radius 3 is 2.47 bits per heavy atom. The molecule has 0 saturated heterocycles. The maximum atomic E-state index is 11.2. The Bertz CT molecular complexity index is 263. The van der Waals surface area contributed by atoms with E-state index in [9.17, 15) is 14.4 Å². The van der Waals surface area contributed by atoms with Crippen LogP contribution >= 0.6 is 0 Å². The van der Waals surface area contributed by atoms with Crippen LogP contribution in [0.4, 0.5) is 0 Å². The first-order valence-electron chi connectivity index (χ1n) is 5.98. The number of esters is 1. The first-order chi connectivity index (χ1) is 8.06. The number of hydrogen-bond donors (Lipinski definition) is 1. The number of rotatable bonds is 9. The molecule has 0 aliphatic heterocycles. The van der Waals surface area contributed by atoms with Gasteiger partial charge in [-0.15, -0.1) is 0 Å². The summed E-state index contributed by atoms with van der Waals surface area (Å²) in [6.45, 7) is 4.10. The number of carbonyl (C=O) groups excluding carboxylic acids is 3. The van der Waals surface area contributed by atoms with Gasteiger partial charge < -0.3 is 10.1 Å². The van der Waals surface area contributed by atoms with Gasteiger partial charge in [0.15, 0.2) is 0 Å². The zero-order valence-electron chi connectivity index (χ0n) is 10.6. The summed E-state index contributed by atoms with van der Waals surface area (Å²) in [7, 11) is 0. The van der Waals surface area contributed by atoms with Crippen LogP contribution in [0.25, 0.3) is 0 Å². The van der Waals surface area contributed by atoms with E-state index in [1.165, 1.54) is 6.92 Å². The summed E-state index contributed by atoms with van der Waals surface area (Å²) in [6, 6.07) is 0. The average molecular weight is 243 g/mol. The summed E-state index contributed by atoms with van der Waals surface area (Å²) in [4.78, 5) is 32.7. The molecule has 0 aromatic heterocycles. The number of hydrogen-bond acceptors (Lipinski definition) is 4. The molecule has 0 spiro atoms. The van der Waals surface area contributed by atoms with Crippen molar-refractivity contribution in [2.75, 3.05) is 13.2 Å². The maximum Gasteiger partial charge on any atom is 0.313 e. The molecule has 1 amide bonds. The minimum atomic E-state index is -0.505. The molecule has 5 nitrogen and oxygen atoms in total. The van der Waals surface area contributed by atoms with Gasteiger partial charge in [0.2, 0.25) is 5.91 Å². The zero-order valence-corrected chi connectivity index (χ0v) is 10.6. The lowest BCUT2D eigenvalue weighted by Gasteiger charge is -2.05. The number of unbranched alkanes of at least 4 members (excludes halogenated alkanes) is 1. The standard InChI is InChI=1S/C12H21NO4/c1-3-4-6-11(15)13-7-5-8-17-12(16)9-10(2)14/h3-9H2,1-2H3,(H,13,15). The fourth-order valence-corrected chi connectivity index (χ4v) is 1.17. The molecule has 0 atom stereocenters. The summed E-state index contributed by atoms with van der Waals surface area (Å²) in [5, 5.41) is 2.73. The zero-order chi connectivity index (χ0) is 13.1. The van der Waals surface area contributed by atoms with Crippen molar-refractivity contribution in [1.82, 2.24) is 5.32 Å². The third-order valence-electron chi connectivity index (χ3n) is 2.06. The Labute approximate surface area is 102 Å². The topological polar surface area (TPSA) is 72.5 Å². The normalized spacial score (nSPS) is 9.76. The third-order valence-corrected chi connectivity index (χ3v) is 2.06. The summed E-state index contributed by atoms with van der Waals surface area (Å²) >= 11 is 0. The van der Waals surface area contributed by atoms with Gasteiger partial charge in [-0.3, -0.25) is 14.4 Å². The fourth-order valence-electron chi connectivity index (χ4n) is 1.17. The van der Waals surface area contributed by atoms with E-state index < -0.39 is 5.97 Å². The Morgan fingerprint density at radius 1 is 1.18 bits per heavy atom. The van der Waals surface area contributed by atoms with Crippen LogP contribution in [0.1, 0.15) is 46.0 Å². The molecule has 0 aliphatic rings. The third kappa shape index (κ3) is 10.9. The molecule has 0 saturated carbocycles. The fraction of sp³-hybridized carbons (Fsp3) is 0.750. The number of ketones is 1. The summed E-state index contributed by atoms with van der Waals surface area (Å²) in [6.07, 6.45) is 2.82. The molecular formula is C12H21NO4. The molecule has 17 heavy (non-hydrogen) atoms. The number of carbonyl (C=O) groups is 3. The van der Waals surface area contributed by atoms with Crippen LogP contribution in [-0.2, 0) is 19.1 Å². The highest BCUT2D eigenvalue weighted by atomic mass is 16.5. The lowest BCUT2D eigenvalue weighted by molar-refractivity contribution is -0.145. The first kappa shape index (κ1) is 15.6. The number of amides is 1. The van der Waals surface area contributed by atoms with E-state index in [4.69, 9.17) is 4.74 Å². The van der Waals surface area contributed by atoms with Crippen LogP contribution in [0, 0.1) is 0 Å². The number of Topliss-reactive ketones (excluding diaryl/α,β-unsaturated/α-hetero) is 1. The highest BCUT2D eigenvalue weighted by molar-refractivity contribution is 5.94. The molecule has 0 aromatic rings. The predicted molar refractivity (Wildman–Crippen MR) is 63.4 cm³/mol. The summed E-state index contributed by atoms with van der Waals surface area (Å²) < 4.78 is 4.80. The number of nitrogens with one attached hydrogen (secondary N) is 1.